The van der Waals surface area contributed by atoms with Crippen LogP contribution in [0.2, 0.25) is 0 Å². The van der Waals surface area contributed by atoms with Crippen LogP contribution >= 0.6 is 0 Å². The van der Waals surface area contributed by atoms with Gasteiger partial charge in [-0.25, -0.2) is 4.79 Å². The number of aromatic nitrogens is 1. The molecule has 1 atom stereocenters. The number of aliphatic carboxylic acids is 1. The number of nitrogens with one attached hydrogen (secondary N) is 1. The zero-order valence-corrected chi connectivity index (χ0v) is 11.6. The molecule has 0 radical (unpaired) electrons. The first-order chi connectivity index (χ1) is 10.2. The molecule has 6 nitrogen and oxygen atoms in total. The van der Waals surface area contributed by atoms with E-state index in [9.17, 15) is 9.59 Å². The molecule has 2 heterocycles. The van der Waals surface area contributed by atoms with E-state index in [0.29, 0.717) is 23.6 Å². The van der Waals surface area contributed by atoms with Crippen molar-refractivity contribution in [3.63, 3.8) is 0 Å². The van der Waals surface area contributed by atoms with Gasteiger partial charge in [-0.1, -0.05) is 0 Å². The minimum absolute atomic E-state index is 0.221. The molecule has 1 amide bonds. The summed E-state index contributed by atoms with van der Waals surface area (Å²) >= 11 is 0. The molecule has 21 heavy (non-hydrogen) atoms. The first kappa shape index (κ1) is 15.2. The molecule has 0 saturated carbocycles. The van der Waals surface area contributed by atoms with E-state index >= 15 is 0 Å². The molecule has 2 N–H and O–H groups in total. The van der Waals surface area contributed by atoms with Crippen molar-refractivity contribution in [2.75, 3.05) is 19.8 Å². The summed E-state index contributed by atoms with van der Waals surface area (Å²) in [6.07, 6.45) is 7.27. The molecule has 6 heteroatoms. The maximum absolute atomic E-state index is 12.1. The number of carboxylic acids is 1. The number of carboxylic acid groups (broad SMARTS) is 1. The van der Waals surface area contributed by atoms with Crippen molar-refractivity contribution >= 4 is 18.0 Å². The summed E-state index contributed by atoms with van der Waals surface area (Å²) in [6.45, 7) is 2.14. The zero-order chi connectivity index (χ0) is 15.1. The van der Waals surface area contributed by atoms with Gasteiger partial charge in [-0.2, -0.15) is 0 Å². The molecular formula is C15H18N2O4. The Balaban J connectivity index is 1.93. The van der Waals surface area contributed by atoms with E-state index < -0.39 is 5.97 Å². The van der Waals surface area contributed by atoms with Crippen LogP contribution in [0, 0.1) is 5.92 Å². The lowest BCUT2D eigenvalue weighted by Gasteiger charge is -2.10. The van der Waals surface area contributed by atoms with Gasteiger partial charge in [-0.05, 0) is 30.9 Å². The van der Waals surface area contributed by atoms with E-state index in [1.54, 1.807) is 6.07 Å². The van der Waals surface area contributed by atoms with E-state index in [2.05, 4.69) is 10.3 Å². The summed E-state index contributed by atoms with van der Waals surface area (Å²) in [5, 5.41) is 11.5. The minimum Gasteiger partial charge on any atom is -0.478 e. The van der Waals surface area contributed by atoms with E-state index in [1.807, 2.05) is 0 Å². The van der Waals surface area contributed by atoms with Crippen LogP contribution in [-0.2, 0) is 9.53 Å². The lowest BCUT2D eigenvalue weighted by Crippen LogP contribution is -2.26. The highest BCUT2D eigenvalue weighted by Crippen LogP contribution is 2.15. The lowest BCUT2D eigenvalue weighted by atomic mass is 10.0. The van der Waals surface area contributed by atoms with Gasteiger partial charge >= 0.3 is 5.97 Å². The van der Waals surface area contributed by atoms with Crippen molar-refractivity contribution in [1.82, 2.24) is 10.3 Å². The molecule has 1 aromatic rings. The number of ether oxygens (including phenoxy) is 1. The van der Waals surface area contributed by atoms with Crippen molar-refractivity contribution in [2.24, 2.45) is 5.92 Å². The Morgan fingerprint density at radius 3 is 3.10 bits per heavy atom. The largest absolute Gasteiger partial charge is 0.478 e. The molecule has 1 aliphatic heterocycles. The van der Waals surface area contributed by atoms with Gasteiger partial charge in [0, 0.05) is 49.4 Å². The molecule has 1 aromatic heterocycles. The van der Waals surface area contributed by atoms with Gasteiger partial charge in [-0.3, -0.25) is 9.78 Å². The maximum atomic E-state index is 12.1. The van der Waals surface area contributed by atoms with Crippen LogP contribution in [0.3, 0.4) is 0 Å². The second kappa shape index (κ2) is 7.54. The highest BCUT2D eigenvalue weighted by molar-refractivity contribution is 5.98. The summed E-state index contributed by atoms with van der Waals surface area (Å²) in [5.41, 5.74) is 0.909. The molecule has 1 unspecified atom stereocenters. The summed E-state index contributed by atoms with van der Waals surface area (Å²) in [7, 11) is 0. The van der Waals surface area contributed by atoms with Crippen molar-refractivity contribution in [2.45, 2.75) is 12.8 Å². The molecule has 1 aliphatic rings. The van der Waals surface area contributed by atoms with Crippen molar-refractivity contribution in [3.8, 4) is 0 Å². The number of hydrogen-bond acceptors (Lipinski definition) is 4. The molecular weight excluding hydrogens is 272 g/mol. The van der Waals surface area contributed by atoms with Crippen LogP contribution in [0.1, 0.15) is 28.8 Å². The van der Waals surface area contributed by atoms with Gasteiger partial charge in [0.15, 0.2) is 0 Å². The molecule has 0 spiro atoms. The van der Waals surface area contributed by atoms with Gasteiger partial charge in [0.25, 0.3) is 5.91 Å². The average Bonchev–Trinajstić information content (AvgIpc) is 2.98. The fraction of sp³-hybridized carbons (Fsp3) is 0.400. The molecule has 112 valence electrons. The first-order valence-corrected chi connectivity index (χ1v) is 6.88. The van der Waals surface area contributed by atoms with Crippen LogP contribution in [0.15, 0.2) is 24.5 Å². The second-order valence-corrected chi connectivity index (χ2v) is 4.91. The summed E-state index contributed by atoms with van der Waals surface area (Å²) in [5.74, 6) is -0.776. The van der Waals surface area contributed by atoms with Crippen molar-refractivity contribution in [3.05, 3.63) is 35.7 Å². The van der Waals surface area contributed by atoms with Gasteiger partial charge in [-0.15, -0.1) is 0 Å². The zero-order valence-electron chi connectivity index (χ0n) is 11.6. The van der Waals surface area contributed by atoms with Crippen LogP contribution < -0.4 is 5.32 Å². The van der Waals surface area contributed by atoms with Crippen LogP contribution in [0.4, 0.5) is 0 Å². The minimum atomic E-state index is -1.06. The number of nitrogens with zero attached hydrogens (tertiary/aromatic N) is 1. The topological polar surface area (TPSA) is 88.5 Å². The predicted octanol–water partition coefficient (Wildman–Crippen LogP) is 1.34. The Morgan fingerprint density at radius 2 is 2.38 bits per heavy atom. The number of hydrogen-bond donors (Lipinski definition) is 2. The highest BCUT2D eigenvalue weighted by Gasteiger charge is 2.16. The molecule has 1 fully saturated rings. The average molecular weight is 290 g/mol. The number of amides is 1. The smallest absolute Gasteiger partial charge is 0.328 e. The van der Waals surface area contributed by atoms with Gasteiger partial charge in [0.2, 0.25) is 0 Å². The number of pyridine rings is 1. The van der Waals surface area contributed by atoms with E-state index in [-0.39, 0.29) is 5.91 Å². The summed E-state index contributed by atoms with van der Waals surface area (Å²) in [6, 6.07) is 1.58. The van der Waals surface area contributed by atoms with Crippen molar-refractivity contribution in [1.29, 1.82) is 0 Å². The Morgan fingerprint density at radius 1 is 1.52 bits per heavy atom. The summed E-state index contributed by atoms with van der Waals surface area (Å²) in [4.78, 5) is 26.6. The number of carbonyl (C=O) groups excluding carboxylic acids is 1. The van der Waals surface area contributed by atoms with Gasteiger partial charge in [0.1, 0.15) is 0 Å². The second-order valence-electron chi connectivity index (χ2n) is 4.91. The predicted molar refractivity (Wildman–Crippen MR) is 76.8 cm³/mol. The fourth-order valence-corrected chi connectivity index (χ4v) is 2.20. The molecule has 0 aliphatic carbocycles. The Bertz CT molecular complexity index is 536. The SMILES string of the molecule is O=C(O)/C=C/c1cnccc1C(=O)NCCC1CCOC1. The fourth-order valence-electron chi connectivity index (χ4n) is 2.20. The monoisotopic (exact) mass is 290 g/mol. The Kier molecular flexibility index (Phi) is 5.45. The third kappa shape index (κ3) is 4.68. The van der Waals surface area contributed by atoms with Gasteiger partial charge in [0.05, 0.1) is 0 Å². The number of carbonyl (C=O) groups is 2. The van der Waals surface area contributed by atoms with Crippen LogP contribution in [0.5, 0.6) is 0 Å². The summed E-state index contributed by atoms with van der Waals surface area (Å²) < 4.78 is 5.29. The Hall–Kier alpha value is -2.21. The number of rotatable bonds is 6. The first-order valence-electron chi connectivity index (χ1n) is 6.88. The third-order valence-corrected chi connectivity index (χ3v) is 3.36. The lowest BCUT2D eigenvalue weighted by molar-refractivity contribution is -0.131. The van der Waals surface area contributed by atoms with Crippen LogP contribution in [-0.4, -0.2) is 41.7 Å². The maximum Gasteiger partial charge on any atom is 0.328 e. The van der Waals surface area contributed by atoms with Crippen LogP contribution in [0.25, 0.3) is 6.08 Å². The molecule has 2 rings (SSSR count). The quantitative estimate of drug-likeness (QED) is 0.772. The van der Waals surface area contributed by atoms with E-state index in [4.69, 9.17) is 9.84 Å². The molecule has 1 saturated heterocycles. The molecule has 0 aromatic carbocycles. The van der Waals surface area contributed by atoms with E-state index in [1.165, 1.54) is 18.5 Å². The highest BCUT2D eigenvalue weighted by atomic mass is 16.5. The standard InChI is InChI=1S/C15H18N2O4/c18-14(19)2-1-12-9-16-6-4-13(12)15(20)17-7-3-11-5-8-21-10-11/h1-2,4,6,9,11H,3,5,7-8,10H2,(H,17,20)(H,18,19)/b2-1+. The van der Waals surface area contributed by atoms with E-state index in [0.717, 1.165) is 32.1 Å². The third-order valence-electron chi connectivity index (χ3n) is 3.36. The normalized spacial score (nSPS) is 18.0. The molecule has 0 bridgehead atoms. The van der Waals surface area contributed by atoms with Gasteiger partial charge < -0.3 is 15.2 Å². The Labute approximate surface area is 122 Å². The van der Waals surface area contributed by atoms with Crippen molar-refractivity contribution < 1.29 is 19.4 Å².